The highest BCUT2D eigenvalue weighted by molar-refractivity contribution is 7.99. The van der Waals surface area contributed by atoms with Crippen LogP contribution in [0.1, 0.15) is 11.1 Å². The summed E-state index contributed by atoms with van der Waals surface area (Å²) in [6.07, 6.45) is 1.01. The van der Waals surface area contributed by atoms with E-state index in [0.717, 1.165) is 6.42 Å². The molecule has 0 aliphatic carbocycles. The minimum atomic E-state index is 1.01. The molecule has 1 heteroatoms. The van der Waals surface area contributed by atoms with E-state index < -0.39 is 0 Å². The average molecular weight is 425 g/mol. The van der Waals surface area contributed by atoms with Gasteiger partial charge in [0.25, 0.3) is 0 Å². The Kier molecular flexibility index (Phi) is 3.94. The average Bonchev–Trinajstić information content (AvgIpc) is 2.87. The van der Waals surface area contributed by atoms with Gasteiger partial charge in [0.15, 0.2) is 0 Å². The predicted molar refractivity (Wildman–Crippen MR) is 138 cm³/mol. The van der Waals surface area contributed by atoms with Crippen molar-refractivity contribution < 1.29 is 0 Å². The smallest absolute Gasteiger partial charge is 0.0236 e. The second-order valence-corrected chi connectivity index (χ2v) is 9.58. The Morgan fingerprint density at radius 3 is 1.81 bits per heavy atom. The van der Waals surface area contributed by atoms with Gasteiger partial charge in [-0.25, -0.2) is 0 Å². The van der Waals surface area contributed by atoms with Gasteiger partial charge in [-0.1, -0.05) is 109 Å². The molecule has 0 unspecified atom stereocenters. The van der Waals surface area contributed by atoms with E-state index in [4.69, 9.17) is 0 Å². The Hall–Kier alpha value is -3.55. The fourth-order valence-electron chi connectivity index (χ4n) is 5.21. The molecule has 0 nitrogen and oxygen atoms in total. The van der Waals surface area contributed by atoms with Crippen molar-refractivity contribution in [3.8, 4) is 11.1 Å². The minimum absolute atomic E-state index is 1.01. The summed E-state index contributed by atoms with van der Waals surface area (Å²) in [5.74, 6) is 0. The quantitative estimate of drug-likeness (QED) is 0.237. The zero-order chi connectivity index (χ0) is 21.1. The highest BCUT2D eigenvalue weighted by Gasteiger charge is 2.19. The van der Waals surface area contributed by atoms with E-state index >= 15 is 0 Å². The van der Waals surface area contributed by atoms with Gasteiger partial charge in [0.05, 0.1) is 0 Å². The molecule has 0 aromatic heterocycles. The van der Waals surface area contributed by atoms with Crippen LogP contribution < -0.4 is 0 Å². The number of hydrogen-bond donors (Lipinski definition) is 0. The van der Waals surface area contributed by atoms with Crippen LogP contribution >= 0.6 is 11.8 Å². The first kappa shape index (κ1) is 18.1. The molecule has 1 aliphatic heterocycles. The van der Waals surface area contributed by atoms with Crippen LogP contribution in [0.15, 0.2) is 119 Å². The number of hydrogen-bond acceptors (Lipinski definition) is 1. The van der Waals surface area contributed by atoms with Crippen molar-refractivity contribution in [2.75, 3.05) is 0 Å². The molecule has 0 fully saturated rings. The molecule has 0 radical (unpaired) electrons. The van der Waals surface area contributed by atoms with Gasteiger partial charge in [-0.05, 0) is 73.1 Å². The molecule has 6 aromatic carbocycles. The minimum Gasteiger partial charge on any atom is -0.0888 e. The summed E-state index contributed by atoms with van der Waals surface area (Å²) in [5, 5.41) is 7.96. The molecule has 0 N–H and O–H groups in total. The lowest BCUT2D eigenvalue weighted by Gasteiger charge is -2.22. The van der Waals surface area contributed by atoms with Crippen molar-refractivity contribution in [1.82, 2.24) is 0 Å². The van der Waals surface area contributed by atoms with Crippen molar-refractivity contribution in [2.24, 2.45) is 0 Å². The topological polar surface area (TPSA) is 0 Å². The summed E-state index contributed by atoms with van der Waals surface area (Å²) < 4.78 is 0. The molecule has 32 heavy (non-hydrogen) atoms. The van der Waals surface area contributed by atoms with E-state index in [9.17, 15) is 0 Å². The lowest BCUT2D eigenvalue weighted by atomic mass is 9.91. The summed E-state index contributed by atoms with van der Waals surface area (Å²) in [6, 6.07) is 40.2. The van der Waals surface area contributed by atoms with Crippen molar-refractivity contribution in [1.29, 1.82) is 0 Å². The third-order valence-electron chi connectivity index (χ3n) is 6.72. The maximum atomic E-state index is 2.40. The molecule has 0 saturated heterocycles. The molecule has 0 bridgehead atoms. The molecular weight excluding hydrogens is 404 g/mol. The van der Waals surface area contributed by atoms with E-state index in [2.05, 4.69) is 109 Å². The first-order valence-electron chi connectivity index (χ1n) is 11.1. The van der Waals surface area contributed by atoms with Crippen LogP contribution in [0.2, 0.25) is 0 Å². The highest BCUT2D eigenvalue weighted by atomic mass is 32.2. The molecule has 7 rings (SSSR count). The van der Waals surface area contributed by atoms with Crippen molar-refractivity contribution in [2.45, 2.75) is 16.2 Å². The molecule has 150 valence electrons. The monoisotopic (exact) mass is 424 g/mol. The summed E-state index contributed by atoms with van der Waals surface area (Å²) >= 11 is 1.92. The molecule has 6 aromatic rings. The SMILES string of the molecule is c1ccc2c(c1)Cc1cccc(-c3ccc4c5ccccc5c5ccccc5c4c3)c1S2. The second-order valence-electron chi connectivity index (χ2n) is 8.53. The van der Waals surface area contributed by atoms with Crippen molar-refractivity contribution in [3.05, 3.63) is 120 Å². The maximum absolute atomic E-state index is 2.40. The fraction of sp³-hybridized carbons (Fsp3) is 0.0323. The maximum Gasteiger partial charge on any atom is 0.0236 e. The van der Waals surface area contributed by atoms with E-state index in [1.54, 1.807) is 0 Å². The summed E-state index contributed by atoms with van der Waals surface area (Å²) in [5.41, 5.74) is 5.48. The third-order valence-corrected chi connectivity index (χ3v) is 8.02. The van der Waals surface area contributed by atoms with Gasteiger partial charge in [0.1, 0.15) is 0 Å². The normalized spacial score (nSPS) is 12.8. The van der Waals surface area contributed by atoms with Crippen LogP contribution in [0, 0.1) is 0 Å². The summed E-state index contributed by atoms with van der Waals surface area (Å²) in [4.78, 5) is 2.78. The van der Waals surface area contributed by atoms with Gasteiger partial charge in [0.2, 0.25) is 0 Å². The number of rotatable bonds is 1. The van der Waals surface area contributed by atoms with Crippen LogP contribution in [-0.2, 0) is 6.42 Å². The van der Waals surface area contributed by atoms with Gasteiger partial charge in [-0.2, -0.15) is 0 Å². The van der Waals surface area contributed by atoms with Gasteiger partial charge >= 0.3 is 0 Å². The van der Waals surface area contributed by atoms with Crippen molar-refractivity contribution >= 4 is 44.1 Å². The lowest BCUT2D eigenvalue weighted by molar-refractivity contribution is 1.06. The fourth-order valence-corrected chi connectivity index (χ4v) is 6.42. The molecule has 1 heterocycles. The Bertz CT molecular complexity index is 1640. The van der Waals surface area contributed by atoms with Crippen LogP contribution in [0.3, 0.4) is 0 Å². The molecule has 0 atom stereocenters. The third kappa shape index (κ3) is 2.65. The van der Waals surface area contributed by atoms with E-state index in [1.165, 1.54) is 64.4 Å². The Balaban J connectivity index is 1.50. The molecular formula is C31H20S. The van der Waals surface area contributed by atoms with Crippen molar-refractivity contribution in [3.63, 3.8) is 0 Å². The van der Waals surface area contributed by atoms with E-state index in [1.807, 2.05) is 11.8 Å². The number of fused-ring (bicyclic) bond motifs is 8. The molecule has 0 spiro atoms. The van der Waals surface area contributed by atoms with E-state index in [0.29, 0.717) is 0 Å². The zero-order valence-electron chi connectivity index (χ0n) is 17.5. The zero-order valence-corrected chi connectivity index (χ0v) is 18.3. The Morgan fingerprint density at radius 2 is 1.06 bits per heavy atom. The second kappa shape index (κ2) is 6.98. The molecule has 1 aliphatic rings. The first-order valence-corrected chi connectivity index (χ1v) is 11.9. The standard InChI is InChI=1S/C31H20S/c1-6-15-30-21(8-1)18-22-9-7-14-23(31(22)32-30)20-16-17-28-26-12-3-2-10-24(26)25-11-4-5-13-27(25)29(28)19-20/h1-17,19H,18H2. The summed E-state index contributed by atoms with van der Waals surface area (Å²) in [6.45, 7) is 0. The lowest BCUT2D eigenvalue weighted by Crippen LogP contribution is -2.00. The largest absolute Gasteiger partial charge is 0.0888 e. The first-order chi connectivity index (χ1) is 15.9. The van der Waals surface area contributed by atoms with Gasteiger partial charge in [-0.3, -0.25) is 0 Å². The summed E-state index contributed by atoms with van der Waals surface area (Å²) in [7, 11) is 0. The Morgan fingerprint density at radius 1 is 0.469 bits per heavy atom. The van der Waals surface area contributed by atoms with Crippen LogP contribution in [0.25, 0.3) is 43.4 Å². The van der Waals surface area contributed by atoms with Crippen LogP contribution in [-0.4, -0.2) is 0 Å². The van der Waals surface area contributed by atoms with Gasteiger partial charge in [0, 0.05) is 9.79 Å². The predicted octanol–water partition coefficient (Wildman–Crippen LogP) is 8.87. The highest BCUT2D eigenvalue weighted by Crippen LogP contribution is 2.45. The Labute approximate surface area is 191 Å². The molecule has 0 amide bonds. The number of benzene rings is 6. The van der Waals surface area contributed by atoms with Gasteiger partial charge < -0.3 is 0 Å². The van der Waals surface area contributed by atoms with Crippen LogP contribution in [0.5, 0.6) is 0 Å². The van der Waals surface area contributed by atoms with Crippen LogP contribution in [0.4, 0.5) is 0 Å². The van der Waals surface area contributed by atoms with E-state index in [-0.39, 0.29) is 0 Å². The molecule has 0 saturated carbocycles. The van der Waals surface area contributed by atoms with Gasteiger partial charge in [-0.15, -0.1) is 0 Å².